The van der Waals surface area contributed by atoms with E-state index < -0.39 is 29.7 Å². The summed E-state index contributed by atoms with van der Waals surface area (Å²) < 4.78 is 18.6. The van der Waals surface area contributed by atoms with Gasteiger partial charge in [-0.2, -0.15) is 5.26 Å². The zero-order chi connectivity index (χ0) is 23.8. The molecule has 2 amide bonds. The topological polar surface area (TPSA) is 90.7 Å². The van der Waals surface area contributed by atoms with Crippen molar-refractivity contribution in [2.45, 2.75) is 32.3 Å². The summed E-state index contributed by atoms with van der Waals surface area (Å²) in [6.07, 6.45) is -0.00947. The third kappa shape index (κ3) is 6.16. The molecule has 1 aliphatic rings. The number of carbonyl (C=O) groups is 3. The average molecular weight is 451 g/mol. The van der Waals surface area contributed by atoms with Gasteiger partial charge in [-0.05, 0) is 56.2 Å². The monoisotopic (exact) mass is 451 g/mol. The van der Waals surface area contributed by atoms with E-state index in [1.807, 2.05) is 12.1 Å². The lowest BCUT2D eigenvalue weighted by Gasteiger charge is -2.32. The van der Waals surface area contributed by atoms with Gasteiger partial charge < -0.3 is 14.5 Å². The number of anilines is 1. The fourth-order valence-corrected chi connectivity index (χ4v) is 3.77. The molecule has 172 valence electrons. The molecule has 2 aromatic rings. The lowest BCUT2D eigenvalue weighted by Crippen LogP contribution is -2.44. The molecule has 8 heteroatoms. The first-order valence-electron chi connectivity index (χ1n) is 10.9. The molecule has 0 aromatic heterocycles. The molecule has 1 atom stereocenters. The highest BCUT2D eigenvalue weighted by Gasteiger charge is 2.32. The molecule has 1 heterocycles. The number of hydrogen-bond donors (Lipinski definition) is 0. The van der Waals surface area contributed by atoms with E-state index in [1.54, 1.807) is 29.2 Å². The van der Waals surface area contributed by atoms with Crippen LogP contribution in [-0.4, -0.2) is 48.4 Å². The van der Waals surface area contributed by atoms with Crippen LogP contribution in [0.1, 0.15) is 36.5 Å². The van der Waals surface area contributed by atoms with Crippen LogP contribution >= 0.6 is 0 Å². The number of nitrogens with zero attached hydrogens (tertiary/aromatic N) is 3. The van der Waals surface area contributed by atoms with Gasteiger partial charge >= 0.3 is 5.97 Å². The van der Waals surface area contributed by atoms with Crippen LogP contribution in [0.4, 0.5) is 10.1 Å². The third-order valence-corrected chi connectivity index (χ3v) is 5.63. The fraction of sp³-hybridized carbons (Fsp3) is 0.360. The summed E-state index contributed by atoms with van der Waals surface area (Å²) in [5.41, 5.74) is 1.03. The first kappa shape index (κ1) is 23.9. The Morgan fingerprint density at radius 2 is 1.76 bits per heavy atom. The number of carbonyl (C=O) groups excluding carboxylic acids is 3. The van der Waals surface area contributed by atoms with E-state index >= 15 is 0 Å². The Morgan fingerprint density at radius 1 is 1.12 bits per heavy atom. The first-order valence-corrected chi connectivity index (χ1v) is 10.9. The molecule has 0 N–H and O–H groups in total. The standard InChI is InChI=1S/C25H26FN3O4/c1-18(23(30)29(15-5-14-27)22-6-3-2-4-7-22)33-25(32)20-12-16-28(17-13-20)24(31)19-8-10-21(26)11-9-19/h2-4,6-11,18,20H,5,12-13,15-17H2,1H3. The molecule has 1 fully saturated rings. The van der Waals surface area contributed by atoms with E-state index in [-0.39, 0.29) is 18.9 Å². The predicted molar refractivity (Wildman–Crippen MR) is 120 cm³/mol. The molecule has 3 rings (SSSR count). The minimum absolute atomic E-state index is 0.155. The van der Waals surface area contributed by atoms with Crippen molar-refractivity contribution in [3.05, 3.63) is 66.0 Å². The molecule has 0 radical (unpaired) electrons. The summed E-state index contributed by atoms with van der Waals surface area (Å²) in [5, 5.41) is 8.93. The molecule has 0 aliphatic carbocycles. The molecule has 1 aliphatic heterocycles. The van der Waals surface area contributed by atoms with Gasteiger partial charge in [-0.1, -0.05) is 18.2 Å². The average Bonchev–Trinajstić information content (AvgIpc) is 2.85. The Morgan fingerprint density at radius 3 is 2.36 bits per heavy atom. The summed E-state index contributed by atoms with van der Waals surface area (Å²) in [6, 6.07) is 16.3. The molecule has 1 unspecified atom stereocenters. The van der Waals surface area contributed by atoms with Crippen molar-refractivity contribution in [3.8, 4) is 6.07 Å². The van der Waals surface area contributed by atoms with E-state index in [2.05, 4.69) is 0 Å². The molecule has 0 saturated carbocycles. The maximum Gasteiger partial charge on any atom is 0.309 e. The van der Waals surface area contributed by atoms with Crippen LogP contribution < -0.4 is 4.90 Å². The highest BCUT2D eigenvalue weighted by molar-refractivity contribution is 5.97. The molecule has 33 heavy (non-hydrogen) atoms. The van der Waals surface area contributed by atoms with Crippen LogP contribution in [0.2, 0.25) is 0 Å². The van der Waals surface area contributed by atoms with Crippen LogP contribution in [-0.2, 0) is 14.3 Å². The fourth-order valence-electron chi connectivity index (χ4n) is 3.77. The number of para-hydroxylation sites is 1. The predicted octanol–water partition coefficient (Wildman–Crippen LogP) is 3.56. The van der Waals surface area contributed by atoms with Gasteiger partial charge in [0, 0.05) is 30.9 Å². The minimum Gasteiger partial charge on any atom is -0.452 e. The van der Waals surface area contributed by atoms with Gasteiger partial charge in [0.25, 0.3) is 11.8 Å². The highest BCUT2D eigenvalue weighted by atomic mass is 19.1. The van der Waals surface area contributed by atoms with E-state index in [1.165, 1.54) is 36.1 Å². The number of nitriles is 1. The summed E-state index contributed by atoms with van der Waals surface area (Å²) in [6.45, 7) is 2.47. The third-order valence-electron chi connectivity index (χ3n) is 5.63. The SMILES string of the molecule is CC(OC(=O)C1CCN(C(=O)c2ccc(F)cc2)CC1)C(=O)N(CCC#N)c1ccccc1. The smallest absolute Gasteiger partial charge is 0.309 e. The Balaban J connectivity index is 1.55. The van der Waals surface area contributed by atoms with Gasteiger partial charge in [0.05, 0.1) is 18.4 Å². The van der Waals surface area contributed by atoms with Gasteiger partial charge in [0.2, 0.25) is 0 Å². The Kier molecular flexibility index (Phi) is 8.14. The van der Waals surface area contributed by atoms with Crippen molar-refractivity contribution in [2.75, 3.05) is 24.5 Å². The second-order valence-corrected chi connectivity index (χ2v) is 7.89. The van der Waals surface area contributed by atoms with Crippen LogP contribution in [0, 0.1) is 23.1 Å². The van der Waals surface area contributed by atoms with Crippen molar-refractivity contribution >= 4 is 23.5 Å². The summed E-state index contributed by atoms with van der Waals surface area (Å²) >= 11 is 0. The van der Waals surface area contributed by atoms with Crippen LogP contribution in [0.25, 0.3) is 0 Å². The molecule has 0 spiro atoms. The van der Waals surface area contributed by atoms with E-state index in [4.69, 9.17) is 10.00 Å². The number of esters is 1. The maximum absolute atomic E-state index is 13.1. The lowest BCUT2D eigenvalue weighted by atomic mass is 9.96. The first-order chi connectivity index (χ1) is 15.9. The quantitative estimate of drug-likeness (QED) is 0.601. The summed E-state index contributed by atoms with van der Waals surface area (Å²) in [4.78, 5) is 41.3. The number of amides is 2. The minimum atomic E-state index is -1.00. The zero-order valence-corrected chi connectivity index (χ0v) is 18.4. The van der Waals surface area contributed by atoms with Crippen molar-refractivity contribution in [2.24, 2.45) is 5.92 Å². The van der Waals surface area contributed by atoms with E-state index in [0.29, 0.717) is 37.2 Å². The maximum atomic E-state index is 13.1. The lowest BCUT2D eigenvalue weighted by molar-refractivity contribution is -0.159. The number of likely N-dealkylation sites (tertiary alicyclic amines) is 1. The normalized spacial score (nSPS) is 14.8. The molecular weight excluding hydrogens is 425 g/mol. The van der Waals surface area contributed by atoms with Crippen molar-refractivity contribution in [3.63, 3.8) is 0 Å². The van der Waals surface area contributed by atoms with Crippen molar-refractivity contribution < 1.29 is 23.5 Å². The van der Waals surface area contributed by atoms with Crippen LogP contribution in [0.3, 0.4) is 0 Å². The molecule has 1 saturated heterocycles. The van der Waals surface area contributed by atoms with Gasteiger partial charge in [-0.25, -0.2) is 4.39 Å². The second-order valence-electron chi connectivity index (χ2n) is 7.89. The Bertz CT molecular complexity index is 1010. The van der Waals surface area contributed by atoms with E-state index in [9.17, 15) is 18.8 Å². The van der Waals surface area contributed by atoms with Crippen LogP contribution in [0.5, 0.6) is 0 Å². The summed E-state index contributed by atoms with van der Waals surface area (Å²) in [5.74, 6) is -1.90. The largest absolute Gasteiger partial charge is 0.452 e. The van der Waals surface area contributed by atoms with E-state index in [0.717, 1.165) is 0 Å². The number of benzene rings is 2. The van der Waals surface area contributed by atoms with Gasteiger partial charge in [-0.3, -0.25) is 14.4 Å². The zero-order valence-electron chi connectivity index (χ0n) is 18.4. The van der Waals surface area contributed by atoms with Crippen molar-refractivity contribution in [1.29, 1.82) is 5.26 Å². The molecule has 2 aromatic carbocycles. The number of rotatable bonds is 7. The second kappa shape index (κ2) is 11.2. The highest BCUT2D eigenvalue weighted by Crippen LogP contribution is 2.22. The number of ether oxygens (including phenoxy) is 1. The van der Waals surface area contributed by atoms with Crippen molar-refractivity contribution in [1.82, 2.24) is 4.90 Å². The number of hydrogen-bond acceptors (Lipinski definition) is 5. The van der Waals surface area contributed by atoms with Gasteiger partial charge in [-0.15, -0.1) is 0 Å². The molecule has 7 nitrogen and oxygen atoms in total. The van der Waals surface area contributed by atoms with Gasteiger partial charge in [0.15, 0.2) is 6.10 Å². The molecular formula is C25H26FN3O4. The Hall–Kier alpha value is -3.73. The van der Waals surface area contributed by atoms with Crippen LogP contribution in [0.15, 0.2) is 54.6 Å². The van der Waals surface area contributed by atoms with Gasteiger partial charge in [0.1, 0.15) is 5.82 Å². The summed E-state index contributed by atoms with van der Waals surface area (Å²) in [7, 11) is 0. The number of halogens is 1. The molecule has 0 bridgehead atoms. The number of piperidine rings is 1. The Labute approximate surface area is 192 Å².